The van der Waals surface area contributed by atoms with Crippen LogP contribution in [-0.2, 0) is 9.53 Å². The third-order valence-corrected chi connectivity index (χ3v) is 3.36. The van der Waals surface area contributed by atoms with Gasteiger partial charge in [-0.05, 0) is 6.92 Å². The topological polar surface area (TPSA) is 87.9 Å². The van der Waals surface area contributed by atoms with Gasteiger partial charge in [0.2, 0.25) is 5.91 Å². The van der Waals surface area contributed by atoms with Crippen molar-refractivity contribution in [2.75, 3.05) is 45.2 Å². The van der Waals surface area contributed by atoms with Crippen molar-refractivity contribution in [3.63, 3.8) is 0 Å². The van der Waals surface area contributed by atoms with E-state index in [9.17, 15) is 9.59 Å². The Morgan fingerprint density at radius 2 is 2.10 bits per heavy atom. The van der Waals surface area contributed by atoms with Gasteiger partial charge in [0, 0.05) is 45.2 Å². The maximum Gasteiger partial charge on any atom is 0.409 e. The number of nitrogens with zero attached hydrogens (tertiary/aromatic N) is 3. The quantitative estimate of drug-likeness (QED) is 0.879. The fourth-order valence-electron chi connectivity index (χ4n) is 2.17. The zero-order valence-electron chi connectivity index (χ0n) is 12.3. The summed E-state index contributed by atoms with van der Waals surface area (Å²) in [6, 6.07) is 1.67. The van der Waals surface area contributed by atoms with E-state index in [4.69, 9.17) is 4.52 Å². The number of anilines is 1. The number of nitrogens with one attached hydrogen (secondary N) is 1. The molecule has 0 aliphatic carbocycles. The summed E-state index contributed by atoms with van der Waals surface area (Å²) < 4.78 is 9.56. The Hall–Kier alpha value is -2.09. The van der Waals surface area contributed by atoms with Gasteiger partial charge < -0.3 is 19.5 Å². The molecule has 21 heavy (non-hydrogen) atoms. The van der Waals surface area contributed by atoms with Crippen molar-refractivity contribution in [1.29, 1.82) is 0 Å². The molecule has 1 aromatic heterocycles. The molecule has 1 aliphatic rings. The van der Waals surface area contributed by atoms with E-state index in [0.717, 1.165) is 13.1 Å². The predicted octanol–water partition coefficient (Wildman–Crippen LogP) is 0.696. The molecule has 0 unspecified atom stereocenters. The number of carbonyl (C=O) groups is 2. The molecule has 8 heteroatoms. The van der Waals surface area contributed by atoms with Crippen molar-refractivity contribution in [3.05, 3.63) is 11.8 Å². The SMILES string of the molecule is COC(=O)N1CCN(CCC(=O)Nc2cc(C)on2)CC1. The Labute approximate surface area is 123 Å². The van der Waals surface area contributed by atoms with Crippen molar-refractivity contribution >= 4 is 17.8 Å². The number of methoxy groups -OCH3 is 1. The largest absolute Gasteiger partial charge is 0.453 e. The monoisotopic (exact) mass is 296 g/mol. The number of aromatic nitrogens is 1. The normalized spacial score (nSPS) is 15.8. The molecule has 0 aromatic carbocycles. The number of rotatable bonds is 4. The van der Waals surface area contributed by atoms with Crippen LogP contribution in [0.5, 0.6) is 0 Å². The molecule has 2 heterocycles. The summed E-state index contributed by atoms with van der Waals surface area (Å²) in [5.74, 6) is 0.996. The van der Waals surface area contributed by atoms with Crippen molar-refractivity contribution < 1.29 is 18.8 Å². The Morgan fingerprint density at radius 1 is 1.38 bits per heavy atom. The van der Waals surface area contributed by atoms with Gasteiger partial charge in [0.15, 0.2) is 5.82 Å². The molecular formula is C13H20N4O4. The van der Waals surface area contributed by atoms with Crippen molar-refractivity contribution in [2.45, 2.75) is 13.3 Å². The Bertz CT molecular complexity index is 494. The summed E-state index contributed by atoms with van der Waals surface area (Å²) >= 11 is 0. The molecule has 0 radical (unpaired) electrons. The van der Waals surface area contributed by atoms with E-state index in [1.54, 1.807) is 17.9 Å². The molecule has 8 nitrogen and oxygen atoms in total. The summed E-state index contributed by atoms with van der Waals surface area (Å²) in [4.78, 5) is 26.9. The first-order valence-corrected chi connectivity index (χ1v) is 6.87. The van der Waals surface area contributed by atoms with Crippen molar-refractivity contribution in [2.24, 2.45) is 0 Å². The predicted molar refractivity (Wildman–Crippen MR) is 74.9 cm³/mol. The highest BCUT2D eigenvalue weighted by Crippen LogP contribution is 2.08. The molecule has 0 atom stereocenters. The van der Waals surface area contributed by atoms with Gasteiger partial charge in [-0.1, -0.05) is 5.16 Å². The summed E-state index contributed by atoms with van der Waals surface area (Å²) in [5, 5.41) is 6.39. The second-order valence-electron chi connectivity index (χ2n) is 4.92. The lowest BCUT2D eigenvalue weighted by atomic mass is 10.3. The molecule has 2 rings (SSSR count). The van der Waals surface area contributed by atoms with Crippen LogP contribution in [0.1, 0.15) is 12.2 Å². The minimum absolute atomic E-state index is 0.0984. The summed E-state index contributed by atoms with van der Waals surface area (Å²) in [7, 11) is 1.38. The van der Waals surface area contributed by atoms with Gasteiger partial charge in [-0.3, -0.25) is 9.69 Å². The van der Waals surface area contributed by atoms with Gasteiger partial charge in [-0.25, -0.2) is 4.79 Å². The third-order valence-electron chi connectivity index (χ3n) is 3.36. The number of amides is 2. The van der Waals surface area contributed by atoms with Gasteiger partial charge in [-0.15, -0.1) is 0 Å². The zero-order valence-corrected chi connectivity index (χ0v) is 12.3. The van der Waals surface area contributed by atoms with Crippen LogP contribution in [0.25, 0.3) is 0 Å². The molecule has 2 amide bonds. The highest BCUT2D eigenvalue weighted by Gasteiger charge is 2.21. The van der Waals surface area contributed by atoms with Gasteiger partial charge in [0.05, 0.1) is 7.11 Å². The zero-order chi connectivity index (χ0) is 15.2. The smallest absolute Gasteiger partial charge is 0.409 e. The summed E-state index contributed by atoms with van der Waals surface area (Å²) in [6.07, 6.45) is 0.0817. The fourth-order valence-corrected chi connectivity index (χ4v) is 2.17. The average Bonchev–Trinajstić information content (AvgIpc) is 2.90. The van der Waals surface area contributed by atoms with Crippen LogP contribution >= 0.6 is 0 Å². The van der Waals surface area contributed by atoms with Crippen molar-refractivity contribution in [1.82, 2.24) is 15.0 Å². The maximum absolute atomic E-state index is 11.8. The highest BCUT2D eigenvalue weighted by molar-refractivity contribution is 5.89. The van der Waals surface area contributed by atoms with Gasteiger partial charge in [-0.2, -0.15) is 0 Å². The standard InChI is InChI=1S/C13H20N4O4/c1-10-9-11(15-21-10)14-12(18)3-4-16-5-7-17(8-6-16)13(19)20-2/h9H,3-8H2,1-2H3,(H,14,15,18). The molecule has 0 spiro atoms. The number of hydrogen-bond donors (Lipinski definition) is 1. The fraction of sp³-hybridized carbons (Fsp3) is 0.615. The number of ether oxygens (including phenoxy) is 1. The average molecular weight is 296 g/mol. The van der Waals surface area contributed by atoms with E-state index in [1.165, 1.54) is 7.11 Å². The lowest BCUT2D eigenvalue weighted by Gasteiger charge is -2.33. The molecule has 1 saturated heterocycles. The van der Waals surface area contributed by atoms with E-state index in [-0.39, 0.29) is 12.0 Å². The first kappa shape index (κ1) is 15.3. The van der Waals surface area contributed by atoms with Gasteiger partial charge in [0.25, 0.3) is 0 Å². The second-order valence-corrected chi connectivity index (χ2v) is 4.92. The van der Waals surface area contributed by atoms with Crippen LogP contribution in [0.3, 0.4) is 0 Å². The minimum Gasteiger partial charge on any atom is -0.453 e. The Balaban J connectivity index is 1.67. The maximum atomic E-state index is 11.8. The summed E-state index contributed by atoms with van der Waals surface area (Å²) in [6.45, 7) is 5.14. The number of piperazine rings is 1. The van der Waals surface area contributed by atoms with Crippen LogP contribution in [-0.4, -0.2) is 66.8 Å². The molecule has 1 N–H and O–H groups in total. The second kappa shape index (κ2) is 7.07. The lowest BCUT2D eigenvalue weighted by Crippen LogP contribution is -2.49. The Kier molecular flexibility index (Phi) is 5.15. The van der Waals surface area contributed by atoms with Gasteiger partial charge >= 0.3 is 6.09 Å². The number of hydrogen-bond acceptors (Lipinski definition) is 6. The molecule has 0 saturated carbocycles. The molecule has 1 fully saturated rings. The molecule has 0 bridgehead atoms. The van der Waals surface area contributed by atoms with Gasteiger partial charge in [0.1, 0.15) is 5.76 Å². The van der Waals surface area contributed by atoms with Crippen LogP contribution in [0.4, 0.5) is 10.6 Å². The summed E-state index contributed by atoms with van der Waals surface area (Å²) in [5.41, 5.74) is 0. The van der Waals surface area contributed by atoms with E-state index < -0.39 is 0 Å². The Morgan fingerprint density at radius 3 is 2.67 bits per heavy atom. The van der Waals surface area contributed by atoms with Crippen LogP contribution < -0.4 is 5.32 Å². The molecule has 116 valence electrons. The van der Waals surface area contributed by atoms with Crippen molar-refractivity contribution in [3.8, 4) is 0 Å². The molecular weight excluding hydrogens is 276 g/mol. The van der Waals surface area contributed by atoms with Crippen LogP contribution in [0.2, 0.25) is 0 Å². The third kappa shape index (κ3) is 4.45. The van der Waals surface area contributed by atoms with E-state index in [2.05, 4.69) is 20.1 Å². The first-order chi connectivity index (χ1) is 10.1. The highest BCUT2D eigenvalue weighted by atomic mass is 16.5. The van der Waals surface area contributed by atoms with E-state index in [1.807, 2.05) is 0 Å². The van der Waals surface area contributed by atoms with Crippen LogP contribution in [0, 0.1) is 6.92 Å². The molecule has 1 aliphatic heterocycles. The first-order valence-electron chi connectivity index (χ1n) is 6.87. The molecule has 1 aromatic rings. The number of carbonyl (C=O) groups excluding carboxylic acids is 2. The van der Waals surface area contributed by atoms with E-state index in [0.29, 0.717) is 37.6 Å². The number of aryl methyl sites for hydroxylation is 1. The lowest BCUT2D eigenvalue weighted by molar-refractivity contribution is -0.116. The van der Waals surface area contributed by atoms with Crippen LogP contribution in [0.15, 0.2) is 10.6 Å². The van der Waals surface area contributed by atoms with E-state index >= 15 is 0 Å². The minimum atomic E-state index is -0.297.